The first-order valence-electron chi connectivity index (χ1n) is 13.0. The summed E-state index contributed by atoms with van der Waals surface area (Å²) in [5.74, 6) is -2.52. The molecule has 0 unspecified atom stereocenters. The van der Waals surface area contributed by atoms with Gasteiger partial charge in [-0.1, -0.05) is 23.2 Å². The van der Waals surface area contributed by atoms with Gasteiger partial charge in [0.25, 0.3) is 0 Å². The number of rotatable bonds is 8. The van der Waals surface area contributed by atoms with Crippen LogP contribution in [0.1, 0.15) is 17.8 Å². The average Bonchev–Trinajstić information content (AvgIpc) is 3.50. The Bertz CT molecular complexity index is 1990. The number of carbonyl (C=O) groups is 1. The Labute approximate surface area is 250 Å². The van der Waals surface area contributed by atoms with Gasteiger partial charge in [-0.15, -0.1) is 0 Å². The van der Waals surface area contributed by atoms with Crippen LogP contribution in [0.15, 0.2) is 46.4 Å². The molecule has 1 amide bonds. The highest BCUT2D eigenvalue weighted by atomic mass is 35.5. The summed E-state index contributed by atoms with van der Waals surface area (Å²) in [5.41, 5.74) is -0.812. The van der Waals surface area contributed by atoms with Gasteiger partial charge in [-0.25, -0.2) is 27.9 Å². The van der Waals surface area contributed by atoms with Gasteiger partial charge in [-0.05, 0) is 36.2 Å². The largest absolute Gasteiger partial charge is 0.355 e. The molecule has 1 aliphatic rings. The van der Waals surface area contributed by atoms with Crippen LogP contribution in [0.3, 0.4) is 0 Å². The molecule has 0 atom stereocenters. The monoisotopic (exact) mass is 630 g/mol. The standard InChI is InChI=1S/C26H22Cl2F2N10O3/c1-36-13-31-21(35-36)11-40-25(42)33-24(39(26(40)43)9-14-5-17(28)23(30)18(29)6-14)32-20-7-15-10-38(34-19(15)8-16(20)27)12-22(41)37-3-2-4-37/h5-8,10,13H,2-4,9,11-12H2,1H3,(H,32,33,42). The maximum absolute atomic E-state index is 14.2. The molecular weight excluding hydrogens is 609 g/mol. The smallest absolute Gasteiger partial charge is 0.341 e. The molecule has 0 aliphatic carbocycles. The van der Waals surface area contributed by atoms with Crippen molar-refractivity contribution in [3.05, 3.63) is 90.8 Å². The lowest BCUT2D eigenvalue weighted by Crippen LogP contribution is -2.43. The van der Waals surface area contributed by atoms with Crippen LogP contribution in [0, 0.1) is 11.6 Å². The van der Waals surface area contributed by atoms with Gasteiger partial charge in [0.15, 0.2) is 17.5 Å². The van der Waals surface area contributed by atoms with E-state index in [0.717, 1.165) is 34.7 Å². The Morgan fingerprint density at radius 3 is 2.49 bits per heavy atom. The lowest BCUT2D eigenvalue weighted by Gasteiger charge is -2.30. The van der Waals surface area contributed by atoms with E-state index in [9.17, 15) is 23.2 Å². The minimum Gasteiger partial charge on any atom is -0.341 e. The second-order valence-corrected chi connectivity index (χ2v) is 10.8. The molecular formula is C26H22Cl2F2N10O3. The molecule has 43 heavy (non-hydrogen) atoms. The van der Waals surface area contributed by atoms with Gasteiger partial charge in [0.05, 0.1) is 34.3 Å². The van der Waals surface area contributed by atoms with Crippen LogP contribution >= 0.6 is 23.2 Å². The van der Waals surface area contributed by atoms with E-state index < -0.39 is 28.0 Å². The van der Waals surface area contributed by atoms with Crippen molar-refractivity contribution in [2.24, 2.45) is 7.05 Å². The number of benzene rings is 2. The van der Waals surface area contributed by atoms with Crippen molar-refractivity contribution >= 4 is 51.6 Å². The van der Waals surface area contributed by atoms with Crippen LogP contribution in [-0.2, 0) is 31.5 Å². The lowest BCUT2D eigenvalue weighted by atomic mass is 10.2. The van der Waals surface area contributed by atoms with Crippen molar-refractivity contribution in [3.63, 3.8) is 0 Å². The molecule has 0 saturated carbocycles. The van der Waals surface area contributed by atoms with Crippen molar-refractivity contribution in [2.45, 2.75) is 26.1 Å². The quantitative estimate of drug-likeness (QED) is 0.258. The maximum Gasteiger partial charge on any atom is 0.355 e. The molecule has 3 aromatic heterocycles. The first-order valence-corrected chi connectivity index (χ1v) is 13.7. The fourth-order valence-corrected chi connectivity index (χ4v) is 5.02. The van der Waals surface area contributed by atoms with E-state index in [4.69, 9.17) is 23.2 Å². The number of nitrogens with one attached hydrogen (secondary N) is 1. The van der Waals surface area contributed by atoms with Gasteiger partial charge in [-0.2, -0.15) is 15.2 Å². The van der Waals surface area contributed by atoms with Crippen LogP contribution in [0.2, 0.25) is 10.0 Å². The minimum absolute atomic E-state index is 0.0458. The predicted molar refractivity (Wildman–Crippen MR) is 153 cm³/mol. The molecule has 4 heterocycles. The molecule has 1 fully saturated rings. The molecule has 1 aliphatic heterocycles. The molecule has 17 heteroatoms. The highest BCUT2D eigenvalue weighted by Crippen LogP contribution is 2.30. The molecule has 222 valence electrons. The minimum atomic E-state index is -1.23. The Hall–Kier alpha value is -4.63. The van der Waals surface area contributed by atoms with E-state index in [0.29, 0.717) is 10.9 Å². The highest BCUT2D eigenvalue weighted by molar-refractivity contribution is 6.34. The van der Waals surface area contributed by atoms with Crippen LogP contribution in [0.5, 0.6) is 0 Å². The van der Waals surface area contributed by atoms with Crippen molar-refractivity contribution in [3.8, 4) is 0 Å². The Morgan fingerprint density at radius 2 is 1.81 bits per heavy atom. The van der Waals surface area contributed by atoms with Gasteiger partial charge in [-0.3, -0.25) is 18.7 Å². The topological polar surface area (TPSA) is 138 Å². The van der Waals surface area contributed by atoms with E-state index >= 15 is 0 Å². The number of anilines is 2. The van der Waals surface area contributed by atoms with Gasteiger partial charge in [0.2, 0.25) is 11.9 Å². The Balaban J connectivity index is 1.38. The van der Waals surface area contributed by atoms with Crippen molar-refractivity contribution in [1.29, 1.82) is 0 Å². The second-order valence-electron chi connectivity index (χ2n) is 9.96. The van der Waals surface area contributed by atoms with E-state index in [2.05, 4.69) is 25.5 Å². The molecule has 1 N–H and O–H groups in total. The van der Waals surface area contributed by atoms with Crippen LogP contribution in [-0.4, -0.2) is 62.6 Å². The van der Waals surface area contributed by atoms with Crippen LogP contribution in [0.25, 0.3) is 10.9 Å². The predicted octanol–water partition coefficient (Wildman–Crippen LogP) is 2.54. The highest BCUT2D eigenvalue weighted by Gasteiger charge is 2.22. The molecule has 2 aromatic carbocycles. The van der Waals surface area contributed by atoms with Crippen molar-refractivity contribution < 1.29 is 13.6 Å². The molecule has 6 rings (SSSR count). The number of hydrogen-bond acceptors (Lipinski definition) is 8. The summed E-state index contributed by atoms with van der Waals surface area (Å²) >= 11 is 12.4. The van der Waals surface area contributed by atoms with Crippen LogP contribution in [0.4, 0.5) is 20.4 Å². The molecule has 0 radical (unpaired) electrons. The Morgan fingerprint density at radius 1 is 1.02 bits per heavy atom. The summed E-state index contributed by atoms with van der Waals surface area (Å²) in [6.45, 7) is 0.893. The van der Waals surface area contributed by atoms with Gasteiger partial charge in [0, 0.05) is 31.7 Å². The molecule has 1 saturated heterocycles. The number of aromatic nitrogens is 8. The summed E-state index contributed by atoms with van der Waals surface area (Å²) in [7, 11) is 1.63. The van der Waals surface area contributed by atoms with Gasteiger partial charge < -0.3 is 10.2 Å². The van der Waals surface area contributed by atoms with E-state index in [1.165, 1.54) is 21.8 Å². The summed E-state index contributed by atoms with van der Waals surface area (Å²) in [6, 6.07) is 5.25. The zero-order valence-electron chi connectivity index (χ0n) is 22.5. The fraction of sp³-hybridized carbons (Fsp3) is 0.269. The number of nitrogens with zero attached hydrogens (tertiary/aromatic N) is 9. The number of aryl methyl sites for hydroxylation is 1. The normalized spacial score (nSPS) is 13.0. The van der Waals surface area contributed by atoms with Gasteiger partial charge >= 0.3 is 11.4 Å². The fourth-order valence-electron chi connectivity index (χ4n) is 4.58. The third-order valence-electron chi connectivity index (χ3n) is 6.87. The summed E-state index contributed by atoms with van der Waals surface area (Å²) in [5, 5.41) is 11.8. The average molecular weight is 631 g/mol. The molecule has 5 aromatic rings. The third kappa shape index (κ3) is 5.72. The number of fused-ring (bicyclic) bond motifs is 1. The Kier molecular flexibility index (Phi) is 7.43. The summed E-state index contributed by atoms with van der Waals surface area (Å²) < 4.78 is 32.8. The summed E-state index contributed by atoms with van der Waals surface area (Å²) in [6.07, 6.45) is 4.06. The first kappa shape index (κ1) is 28.5. The van der Waals surface area contributed by atoms with Crippen LogP contribution < -0.4 is 16.7 Å². The first-order chi connectivity index (χ1) is 20.5. The number of hydrogen-bond donors (Lipinski definition) is 1. The van der Waals surface area contributed by atoms with E-state index in [1.807, 2.05) is 0 Å². The lowest BCUT2D eigenvalue weighted by molar-refractivity contribution is -0.135. The number of carbonyl (C=O) groups excluding carboxylic acids is 1. The number of amides is 1. The zero-order valence-corrected chi connectivity index (χ0v) is 24.0. The molecule has 0 spiro atoms. The molecule has 0 bridgehead atoms. The maximum atomic E-state index is 14.2. The van der Waals surface area contributed by atoms with Crippen molar-refractivity contribution in [2.75, 3.05) is 18.4 Å². The second kappa shape index (κ2) is 11.2. The SMILES string of the molecule is Cn1cnc(Cn2c(=O)nc(Nc3cc4cn(CC(=O)N5CCC5)nc4cc3Cl)n(Cc3cc(F)c(F)c(Cl)c3)c2=O)n1. The van der Waals surface area contributed by atoms with E-state index in [-0.39, 0.29) is 53.6 Å². The third-order valence-corrected chi connectivity index (χ3v) is 7.46. The zero-order chi connectivity index (χ0) is 30.4. The van der Waals surface area contributed by atoms with E-state index in [1.54, 1.807) is 30.3 Å². The summed E-state index contributed by atoms with van der Waals surface area (Å²) in [4.78, 5) is 48.9. The van der Waals surface area contributed by atoms with Crippen molar-refractivity contribution in [1.82, 2.24) is 43.6 Å². The van der Waals surface area contributed by atoms with Gasteiger partial charge in [0.1, 0.15) is 12.9 Å². The molecule has 13 nitrogen and oxygen atoms in total. The number of halogens is 4. The number of likely N-dealkylation sites (tertiary alicyclic amines) is 1.